The first-order chi connectivity index (χ1) is 11.1. The van der Waals surface area contributed by atoms with Crippen LogP contribution in [0.3, 0.4) is 0 Å². The van der Waals surface area contributed by atoms with E-state index in [0.29, 0.717) is 30.3 Å². The van der Waals surface area contributed by atoms with Crippen LogP contribution in [0.5, 0.6) is 0 Å². The van der Waals surface area contributed by atoms with E-state index in [2.05, 4.69) is 0 Å². The summed E-state index contributed by atoms with van der Waals surface area (Å²) in [7, 11) is -3.53. The number of rotatable bonds is 8. The van der Waals surface area contributed by atoms with Gasteiger partial charge in [-0.25, -0.2) is 0 Å². The highest BCUT2D eigenvalue weighted by molar-refractivity contribution is 8.14. The molecule has 2 rings (SSSR count). The van der Waals surface area contributed by atoms with E-state index in [1.165, 1.54) is 31.0 Å². The fourth-order valence-corrected chi connectivity index (χ4v) is 5.10. The predicted molar refractivity (Wildman–Crippen MR) is 92.1 cm³/mol. The third-order valence-corrected chi connectivity index (χ3v) is 6.55. The largest absolute Gasteiger partial charge is 0.496 e. The van der Waals surface area contributed by atoms with Gasteiger partial charge in [-0.3, -0.25) is 4.79 Å². The Bertz CT molecular complexity index is 499. The lowest BCUT2D eigenvalue weighted by molar-refractivity contribution is -0.267. The number of unbranched alkanes of at least 4 members (excludes halogenated alkanes) is 2. The Morgan fingerprint density at radius 3 is 2.65 bits per heavy atom. The molecule has 0 spiro atoms. The smallest absolute Gasteiger partial charge is 0.366 e. The van der Waals surface area contributed by atoms with Crippen LogP contribution in [0, 0.1) is 5.92 Å². The molecule has 0 aromatic carbocycles. The van der Waals surface area contributed by atoms with Crippen molar-refractivity contribution in [3.05, 3.63) is 0 Å². The number of thioether (sulfide) groups is 1. The number of ketones is 1. The molecule has 1 aliphatic carbocycles. The molecule has 7 heteroatoms. The number of carbonyl (C=O) groups excluding carboxylic acids is 2. The molecule has 2 aliphatic rings. The van der Waals surface area contributed by atoms with Crippen molar-refractivity contribution >= 4 is 32.8 Å². The molecule has 5 nitrogen and oxygen atoms in total. The van der Waals surface area contributed by atoms with Gasteiger partial charge in [-0.05, 0) is 37.4 Å². The van der Waals surface area contributed by atoms with E-state index in [1.54, 1.807) is 0 Å². The van der Waals surface area contributed by atoms with Gasteiger partial charge >= 0.3 is 15.2 Å². The topological polar surface area (TPSA) is 71.7 Å². The maximum atomic E-state index is 12.1. The fraction of sp³-hybridized carbons (Fsp3) is 0.875. The van der Waals surface area contributed by atoms with Gasteiger partial charge in [-0.15, -0.1) is 12.3 Å². The van der Waals surface area contributed by atoms with Gasteiger partial charge in [-0.1, -0.05) is 25.7 Å². The lowest BCUT2D eigenvalue weighted by atomic mass is 9.84. The molecule has 0 unspecified atom stereocenters. The normalized spacial score (nSPS) is 22.3. The first-order valence-corrected chi connectivity index (χ1v) is 11.1. The Labute approximate surface area is 143 Å². The summed E-state index contributed by atoms with van der Waals surface area (Å²) in [4.78, 5) is 12.1. The summed E-state index contributed by atoms with van der Waals surface area (Å²) in [5.74, 6) is 1.37. The first-order valence-electron chi connectivity index (χ1n) is 8.58. The summed E-state index contributed by atoms with van der Waals surface area (Å²) in [6, 6.07) is 0. The van der Waals surface area contributed by atoms with E-state index in [9.17, 15) is 13.2 Å². The van der Waals surface area contributed by atoms with Gasteiger partial charge in [0.25, 0.3) is 0 Å². The minimum atomic E-state index is -3.53. The van der Waals surface area contributed by atoms with Crippen molar-refractivity contribution in [3.8, 4) is 0 Å². The molecular weight excluding hydrogens is 336 g/mol. The molecule has 1 aliphatic heterocycles. The SMILES string of the molecule is O=C(CCCCCS(=O)(=O)[O+]=C1COCCS1)C1CCCCC1. The van der Waals surface area contributed by atoms with Gasteiger partial charge in [0.05, 0.1) is 6.61 Å². The van der Waals surface area contributed by atoms with Crippen molar-refractivity contribution in [2.45, 2.75) is 57.8 Å². The van der Waals surface area contributed by atoms with Crippen LogP contribution in [0.2, 0.25) is 0 Å². The van der Waals surface area contributed by atoms with Gasteiger partial charge < -0.3 is 4.74 Å². The third kappa shape index (κ3) is 7.35. The summed E-state index contributed by atoms with van der Waals surface area (Å²) in [6.45, 7) is 0.881. The maximum absolute atomic E-state index is 12.1. The summed E-state index contributed by atoms with van der Waals surface area (Å²) in [6.07, 6.45) is 8.34. The molecule has 1 heterocycles. The number of Topliss-reactive ketones (excluding diaryl/α,β-unsaturated/α-hetero) is 1. The van der Waals surface area contributed by atoms with Gasteiger partial charge in [0.15, 0.2) is 6.61 Å². The number of ether oxygens (including phenoxy) is 1. The standard InChI is InChI=1S/C16H27O5S2/c17-15(14-7-3-1-4-8-14)9-5-2-6-12-23(18,19)21-16-13-20-10-11-22-16/h14H,1-13H2/q+1. The van der Waals surface area contributed by atoms with Gasteiger partial charge in [0.2, 0.25) is 0 Å². The highest BCUT2D eigenvalue weighted by atomic mass is 32.2. The highest BCUT2D eigenvalue weighted by Gasteiger charge is 2.27. The second-order valence-corrected chi connectivity index (χ2v) is 9.07. The van der Waals surface area contributed by atoms with Crippen LogP contribution in [0.15, 0.2) is 0 Å². The monoisotopic (exact) mass is 363 g/mol. The van der Waals surface area contributed by atoms with Crippen molar-refractivity contribution in [1.29, 1.82) is 0 Å². The van der Waals surface area contributed by atoms with Gasteiger partial charge in [-0.2, -0.15) is 0 Å². The molecule has 0 atom stereocenters. The predicted octanol–water partition coefficient (Wildman–Crippen LogP) is 2.85. The molecule has 132 valence electrons. The zero-order valence-corrected chi connectivity index (χ0v) is 15.3. The zero-order chi connectivity index (χ0) is 16.5. The Morgan fingerprint density at radius 2 is 1.96 bits per heavy atom. The average Bonchev–Trinajstić information content (AvgIpc) is 2.55. The number of hydrogen-bond acceptors (Lipinski definition) is 5. The van der Waals surface area contributed by atoms with Crippen LogP contribution in [-0.4, -0.2) is 44.0 Å². The Hall–Kier alpha value is -0.400. The van der Waals surface area contributed by atoms with E-state index >= 15 is 0 Å². The van der Waals surface area contributed by atoms with Crippen LogP contribution in [0.1, 0.15) is 57.8 Å². The average molecular weight is 364 g/mol. The van der Waals surface area contributed by atoms with Crippen LogP contribution in [0.25, 0.3) is 0 Å². The first kappa shape index (κ1) is 18.9. The Balaban J connectivity index is 1.61. The maximum Gasteiger partial charge on any atom is 0.496 e. The molecule has 1 saturated carbocycles. The number of carbonyl (C=O) groups is 1. The minimum absolute atomic E-state index is 0.00861. The molecule has 1 saturated heterocycles. The fourth-order valence-electron chi connectivity index (χ4n) is 3.03. The lowest BCUT2D eigenvalue weighted by Gasteiger charge is -2.20. The van der Waals surface area contributed by atoms with E-state index in [-0.39, 0.29) is 18.3 Å². The molecule has 0 radical (unpaired) electrons. The van der Waals surface area contributed by atoms with Crippen molar-refractivity contribution < 1.29 is 21.8 Å². The molecule has 0 aromatic rings. The van der Waals surface area contributed by atoms with E-state index in [4.69, 9.17) is 8.61 Å². The van der Waals surface area contributed by atoms with Crippen LogP contribution in [0.4, 0.5) is 0 Å². The molecule has 0 aromatic heterocycles. The third-order valence-electron chi connectivity index (χ3n) is 4.31. The van der Waals surface area contributed by atoms with E-state index < -0.39 is 10.1 Å². The van der Waals surface area contributed by atoms with Crippen molar-refractivity contribution in [3.63, 3.8) is 0 Å². The zero-order valence-electron chi connectivity index (χ0n) is 13.6. The van der Waals surface area contributed by atoms with Crippen LogP contribution >= 0.6 is 11.8 Å². The van der Waals surface area contributed by atoms with Gasteiger partial charge in [0.1, 0.15) is 11.5 Å². The van der Waals surface area contributed by atoms with Crippen molar-refractivity contribution in [1.82, 2.24) is 0 Å². The second kappa shape index (κ2) is 9.79. The quantitative estimate of drug-likeness (QED) is 0.490. The lowest BCUT2D eigenvalue weighted by Crippen LogP contribution is -2.20. The highest BCUT2D eigenvalue weighted by Crippen LogP contribution is 2.25. The van der Waals surface area contributed by atoms with E-state index in [0.717, 1.165) is 31.4 Å². The van der Waals surface area contributed by atoms with Crippen molar-refractivity contribution in [2.75, 3.05) is 24.7 Å². The Kier molecular flexibility index (Phi) is 8.06. The van der Waals surface area contributed by atoms with Crippen molar-refractivity contribution in [2.24, 2.45) is 5.92 Å². The summed E-state index contributed by atoms with van der Waals surface area (Å²) in [5, 5.41) is 0.434. The molecular formula is C16H27O5S2+. The molecule has 0 N–H and O–H groups in total. The van der Waals surface area contributed by atoms with Crippen LogP contribution in [-0.2, 0) is 23.5 Å². The summed E-state index contributed by atoms with van der Waals surface area (Å²) in [5.41, 5.74) is 0. The van der Waals surface area contributed by atoms with E-state index in [1.807, 2.05) is 0 Å². The molecule has 23 heavy (non-hydrogen) atoms. The molecule has 0 amide bonds. The minimum Gasteiger partial charge on any atom is -0.366 e. The van der Waals surface area contributed by atoms with Crippen LogP contribution < -0.4 is 0 Å². The van der Waals surface area contributed by atoms with Gasteiger partial charge in [0, 0.05) is 18.1 Å². The summed E-state index contributed by atoms with van der Waals surface area (Å²) < 4.78 is 34.0. The number of hydrogen-bond donors (Lipinski definition) is 0. The second-order valence-electron chi connectivity index (χ2n) is 6.23. The summed E-state index contributed by atoms with van der Waals surface area (Å²) >= 11 is 1.40. The molecule has 0 bridgehead atoms. The molecule has 2 fully saturated rings. The Morgan fingerprint density at radius 1 is 1.17 bits per heavy atom.